The first-order chi connectivity index (χ1) is 15.7. The second-order valence-electron chi connectivity index (χ2n) is 8.64. The van der Waals surface area contributed by atoms with E-state index in [1.165, 1.54) is 16.4 Å². The lowest BCUT2D eigenvalue weighted by atomic mass is 10.1. The molecule has 1 aromatic rings. The van der Waals surface area contributed by atoms with Crippen LogP contribution in [-0.4, -0.2) is 74.3 Å². The number of sulfone groups is 1. The van der Waals surface area contributed by atoms with Gasteiger partial charge < -0.3 is 5.32 Å². The van der Waals surface area contributed by atoms with Crippen molar-refractivity contribution in [2.45, 2.75) is 55.9 Å². The minimum Gasteiger partial charge on any atom is -0.321 e. The second-order valence-corrected chi connectivity index (χ2v) is 12.8. The molecule has 2 amide bonds. The van der Waals surface area contributed by atoms with Gasteiger partial charge in [0.05, 0.1) is 22.4 Å². The number of benzene rings is 1. The van der Waals surface area contributed by atoms with Crippen LogP contribution in [0.4, 0.5) is 5.69 Å². The fourth-order valence-electron chi connectivity index (χ4n) is 4.36. The van der Waals surface area contributed by atoms with E-state index < -0.39 is 31.8 Å². The predicted molar refractivity (Wildman–Crippen MR) is 123 cm³/mol. The van der Waals surface area contributed by atoms with Gasteiger partial charge in [0.2, 0.25) is 15.9 Å². The molecule has 0 aromatic heterocycles. The van der Waals surface area contributed by atoms with E-state index in [0.717, 1.165) is 30.7 Å². The fourth-order valence-corrected chi connectivity index (χ4v) is 7.61. The highest BCUT2D eigenvalue weighted by atomic mass is 32.2. The molecule has 0 aliphatic carbocycles. The smallest absolute Gasteiger partial charge is 0.271 e. The van der Waals surface area contributed by atoms with Gasteiger partial charge in [0.1, 0.15) is 5.71 Å². The van der Waals surface area contributed by atoms with Gasteiger partial charge in [-0.05, 0) is 37.5 Å². The number of hydrogen-bond donors (Lipinski definition) is 1. The Kier molecular flexibility index (Phi) is 6.87. The van der Waals surface area contributed by atoms with E-state index in [2.05, 4.69) is 10.4 Å². The molecule has 2 saturated heterocycles. The lowest BCUT2D eigenvalue weighted by Crippen LogP contribution is -2.42. The van der Waals surface area contributed by atoms with E-state index in [0.29, 0.717) is 25.2 Å². The van der Waals surface area contributed by atoms with E-state index in [-0.39, 0.29) is 40.9 Å². The Morgan fingerprint density at radius 3 is 2.48 bits per heavy atom. The summed E-state index contributed by atoms with van der Waals surface area (Å²) in [7, 11) is -6.87. The van der Waals surface area contributed by atoms with Crippen molar-refractivity contribution in [1.29, 1.82) is 0 Å². The van der Waals surface area contributed by atoms with Crippen molar-refractivity contribution in [3.63, 3.8) is 0 Å². The Labute approximate surface area is 194 Å². The van der Waals surface area contributed by atoms with Gasteiger partial charge in [-0.1, -0.05) is 18.9 Å². The molecular weight excluding hydrogens is 468 g/mol. The third-order valence-corrected chi connectivity index (χ3v) is 9.82. The summed E-state index contributed by atoms with van der Waals surface area (Å²) in [5.74, 6) is -1.01. The van der Waals surface area contributed by atoms with Crippen LogP contribution < -0.4 is 5.32 Å². The van der Waals surface area contributed by atoms with Crippen LogP contribution in [0, 0.1) is 0 Å². The topological polar surface area (TPSA) is 133 Å². The Morgan fingerprint density at radius 1 is 1.09 bits per heavy atom. The number of carbonyl (C=O) groups excluding carboxylic acids is 2. The molecule has 4 rings (SSSR count). The quantitative estimate of drug-likeness (QED) is 0.654. The zero-order valence-corrected chi connectivity index (χ0v) is 19.9. The lowest BCUT2D eigenvalue weighted by molar-refractivity contribution is -0.133. The summed E-state index contributed by atoms with van der Waals surface area (Å²) in [6, 6.07) is 5.54. The van der Waals surface area contributed by atoms with Gasteiger partial charge in [0.25, 0.3) is 5.91 Å². The van der Waals surface area contributed by atoms with Crippen LogP contribution in [0.15, 0.2) is 34.3 Å². The van der Waals surface area contributed by atoms with Crippen LogP contribution in [0.5, 0.6) is 0 Å². The van der Waals surface area contributed by atoms with Gasteiger partial charge in [0.15, 0.2) is 9.84 Å². The minimum atomic E-state index is -3.66. The molecule has 2 fully saturated rings. The third kappa shape index (κ3) is 5.44. The number of hydrogen-bond acceptors (Lipinski definition) is 7. The molecular formula is C21H28N4O6S2. The standard InChI is InChI=1S/C21H28N4O6S2/c26-20-9-8-19(23-25(20)17-10-13-32(28,29)15-17)21(27)22-16-6-5-7-18(14-16)33(30,31)24-11-3-1-2-4-12-24/h5-7,14,17H,1-4,8-13,15H2,(H,22,27). The van der Waals surface area contributed by atoms with Crippen LogP contribution in [-0.2, 0) is 29.4 Å². The largest absolute Gasteiger partial charge is 0.321 e. The molecule has 0 radical (unpaired) electrons. The van der Waals surface area contributed by atoms with Crippen molar-refractivity contribution in [3.8, 4) is 0 Å². The maximum atomic E-state index is 13.1. The van der Waals surface area contributed by atoms with E-state index in [9.17, 15) is 26.4 Å². The second kappa shape index (κ2) is 9.51. The normalized spacial score (nSPS) is 24.2. The first-order valence-corrected chi connectivity index (χ1v) is 14.4. The van der Waals surface area contributed by atoms with Crippen molar-refractivity contribution in [1.82, 2.24) is 9.31 Å². The Morgan fingerprint density at radius 2 is 1.82 bits per heavy atom. The van der Waals surface area contributed by atoms with Crippen molar-refractivity contribution >= 4 is 43.1 Å². The molecule has 0 bridgehead atoms. The van der Waals surface area contributed by atoms with E-state index in [1.807, 2.05) is 0 Å². The lowest BCUT2D eigenvalue weighted by Gasteiger charge is -2.27. The van der Waals surface area contributed by atoms with Crippen LogP contribution >= 0.6 is 0 Å². The Balaban J connectivity index is 1.49. The highest BCUT2D eigenvalue weighted by Gasteiger charge is 2.37. The fraction of sp³-hybridized carbons (Fsp3) is 0.571. The molecule has 3 aliphatic rings. The first kappa shape index (κ1) is 23.8. The van der Waals surface area contributed by atoms with Gasteiger partial charge >= 0.3 is 0 Å². The summed E-state index contributed by atoms with van der Waals surface area (Å²) < 4.78 is 51.2. The van der Waals surface area contributed by atoms with Crippen molar-refractivity contribution in [2.24, 2.45) is 5.10 Å². The van der Waals surface area contributed by atoms with E-state index >= 15 is 0 Å². The molecule has 0 spiro atoms. The number of anilines is 1. The molecule has 180 valence electrons. The number of hydrazone groups is 1. The molecule has 3 heterocycles. The monoisotopic (exact) mass is 496 g/mol. The minimum absolute atomic E-state index is 0.00319. The van der Waals surface area contributed by atoms with Crippen molar-refractivity contribution in [3.05, 3.63) is 24.3 Å². The molecule has 1 aromatic carbocycles. The zero-order chi connectivity index (χ0) is 23.6. The summed E-state index contributed by atoms with van der Waals surface area (Å²) in [5.41, 5.74) is 0.421. The SMILES string of the molecule is O=C(Nc1cccc(S(=O)(=O)N2CCCCCC2)c1)C1=NN(C2CCS(=O)(=O)C2)C(=O)CC1. The molecule has 33 heavy (non-hydrogen) atoms. The number of amides is 2. The third-order valence-electron chi connectivity index (χ3n) is 6.17. The van der Waals surface area contributed by atoms with E-state index in [4.69, 9.17) is 0 Å². The summed E-state index contributed by atoms with van der Waals surface area (Å²) in [5, 5.41) is 7.96. The maximum Gasteiger partial charge on any atom is 0.271 e. The molecule has 1 atom stereocenters. The average molecular weight is 497 g/mol. The number of rotatable bonds is 5. The Bertz CT molecular complexity index is 1170. The van der Waals surface area contributed by atoms with Crippen LogP contribution in [0.25, 0.3) is 0 Å². The number of sulfonamides is 1. The van der Waals surface area contributed by atoms with Crippen LogP contribution in [0.1, 0.15) is 44.9 Å². The zero-order valence-electron chi connectivity index (χ0n) is 18.3. The van der Waals surface area contributed by atoms with Gasteiger partial charge in [-0.2, -0.15) is 9.41 Å². The summed E-state index contributed by atoms with van der Waals surface area (Å²) >= 11 is 0. The molecule has 3 aliphatic heterocycles. The first-order valence-electron chi connectivity index (χ1n) is 11.2. The number of nitrogens with zero attached hydrogens (tertiary/aromatic N) is 3. The predicted octanol–water partition coefficient (Wildman–Crippen LogP) is 1.36. The van der Waals surface area contributed by atoms with Gasteiger partial charge in [-0.25, -0.2) is 21.8 Å². The average Bonchev–Trinajstić information content (AvgIpc) is 2.97. The molecule has 12 heteroatoms. The summed E-state index contributed by atoms with van der Waals surface area (Å²) in [4.78, 5) is 25.2. The van der Waals surface area contributed by atoms with E-state index in [1.54, 1.807) is 12.1 Å². The maximum absolute atomic E-state index is 13.1. The van der Waals surface area contributed by atoms with Gasteiger partial charge in [-0.3, -0.25) is 9.59 Å². The number of nitrogens with one attached hydrogen (secondary N) is 1. The summed E-state index contributed by atoms with van der Waals surface area (Å²) in [6.45, 7) is 0.965. The van der Waals surface area contributed by atoms with Gasteiger partial charge in [0, 0.05) is 31.6 Å². The van der Waals surface area contributed by atoms with Crippen LogP contribution in [0.2, 0.25) is 0 Å². The molecule has 0 saturated carbocycles. The van der Waals surface area contributed by atoms with Crippen molar-refractivity contribution < 1.29 is 26.4 Å². The van der Waals surface area contributed by atoms with Crippen LogP contribution in [0.3, 0.4) is 0 Å². The Hall–Kier alpha value is -2.31. The molecule has 10 nitrogen and oxygen atoms in total. The number of carbonyl (C=O) groups is 2. The summed E-state index contributed by atoms with van der Waals surface area (Å²) in [6.07, 6.45) is 4.16. The highest BCUT2D eigenvalue weighted by molar-refractivity contribution is 7.91. The molecule has 1 N–H and O–H groups in total. The highest BCUT2D eigenvalue weighted by Crippen LogP contribution is 2.24. The molecule has 1 unspecified atom stereocenters. The van der Waals surface area contributed by atoms with Crippen molar-refractivity contribution in [2.75, 3.05) is 29.9 Å². The van der Waals surface area contributed by atoms with Gasteiger partial charge in [-0.15, -0.1) is 0 Å².